The number of amides is 2. The van der Waals surface area contributed by atoms with E-state index >= 15 is 0 Å². The van der Waals surface area contributed by atoms with Crippen LogP contribution < -0.4 is 5.32 Å². The molecular weight excluding hydrogens is 355 g/mol. The highest BCUT2D eigenvalue weighted by Crippen LogP contribution is 2.33. The van der Waals surface area contributed by atoms with E-state index in [2.05, 4.69) is 5.32 Å². The summed E-state index contributed by atoms with van der Waals surface area (Å²) in [5, 5.41) is 2.35. The van der Waals surface area contributed by atoms with Crippen LogP contribution in [0.15, 0.2) is 36.4 Å². The van der Waals surface area contributed by atoms with E-state index in [4.69, 9.17) is 0 Å². The third kappa shape index (κ3) is 3.63. The molecule has 2 aromatic carbocycles. The maximum absolute atomic E-state index is 13.4. The maximum Gasteiger partial charge on any atom is 0.419 e. The van der Waals surface area contributed by atoms with Crippen LogP contribution >= 0.6 is 0 Å². The third-order valence-corrected chi connectivity index (χ3v) is 4.34. The molecule has 0 fully saturated rings. The Hall–Kier alpha value is -2.64. The molecule has 1 atom stereocenters. The SMILES string of the molecule is C[C@@H]1Cc2ccc(F)cc2CN1C(=O)Nc1ccc(F)c(C(F)(F)F)c1. The number of urea groups is 1. The van der Waals surface area contributed by atoms with Crippen molar-refractivity contribution in [3.8, 4) is 0 Å². The van der Waals surface area contributed by atoms with Crippen molar-refractivity contribution in [3.05, 3.63) is 64.7 Å². The zero-order valence-electron chi connectivity index (χ0n) is 13.7. The Morgan fingerprint density at radius 1 is 1.12 bits per heavy atom. The Morgan fingerprint density at radius 3 is 2.54 bits per heavy atom. The van der Waals surface area contributed by atoms with Gasteiger partial charge in [-0.1, -0.05) is 6.07 Å². The molecule has 8 heteroatoms. The van der Waals surface area contributed by atoms with Crippen molar-refractivity contribution in [1.29, 1.82) is 0 Å². The molecule has 138 valence electrons. The number of alkyl halides is 3. The number of rotatable bonds is 1. The predicted octanol–water partition coefficient (Wildman–Crippen LogP) is 4.96. The number of fused-ring (bicyclic) bond motifs is 1. The minimum atomic E-state index is -4.86. The summed E-state index contributed by atoms with van der Waals surface area (Å²) in [6.07, 6.45) is -4.36. The first-order valence-corrected chi connectivity index (χ1v) is 7.87. The fourth-order valence-electron chi connectivity index (χ4n) is 3.00. The molecule has 1 aliphatic heterocycles. The van der Waals surface area contributed by atoms with E-state index in [0.29, 0.717) is 24.1 Å². The van der Waals surface area contributed by atoms with Gasteiger partial charge in [-0.05, 0) is 54.8 Å². The highest BCUT2D eigenvalue weighted by Gasteiger charge is 2.34. The normalized spacial score (nSPS) is 17.0. The van der Waals surface area contributed by atoms with Crippen LogP contribution in [0.5, 0.6) is 0 Å². The van der Waals surface area contributed by atoms with Gasteiger partial charge in [0.25, 0.3) is 0 Å². The van der Waals surface area contributed by atoms with Gasteiger partial charge in [0.15, 0.2) is 0 Å². The van der Waals surface area contributed by atoms with Gasteiger partial charge in [-0.3, -0.25) is 0 Å². The van der Waals surface area contributed by atoms with Gasteiger partial charge in [0.05, 0.1) is 5.56 Å². The van der Waals surface area contributed by atoms with E-state index in [0.717, 1.165) is 11.6 Å². The van der Waals surface area contributed by atoms with Crippen molar-refractivity contribution in [1.82, 2.24) is 4.90 Å². The second kappa shape index (κ2) is 6.59. The molecule has 0 unspecified atom stereocenters. The lowest BCUT2D eigenvalue weighted by Gasteiger charge is -2.35. The second-order valence-electron chi connectivity index (χ2n) is 6.22. The Balaban J connectivity index is 1.80. The second-order valence-corrected chi connectivity index (χ2v) is 6.22. The maximum atomic E-state index is 13.4. The Bertz CT molecular complexity index is 850. The monoisotopic (exact) mass is 370 g/mol. The first-order valence-electron chi connectivity index (χ1n) is 7.87. The first-order chi connectivity index (χ1) is 12.1. The summed E-state index contributed by atoms with van der Waals surface area (Å²) < 4.78 is 65.1. The molecule has 1 aliphatic rings. The van der Waals surface area contributed by atoms with E-state index in [1.54, 1.807) is 13.0 Å². The molecule has 26 heavy (non-hydrogen) atoms. The molecule has 1 N–H and O–H groups in total. The summed E-state index contributed by atoms with van der Waals surface area (Å²) in [6, 6.07) is 5.75. The molecule has 1 heterocycles. The zero-order chi connectivity index (χ0) is 19.1. The van der Waals surface area contributed by atoms with Crippen LogP contribution in [0.3, 0.4) is 0 Å². The molecule has 0 radical (unpaired) electrons. The number of carbonyl (C=O) groups is 1. The standard InChI is InChI=1S/C18H15F5N2O/c1-10-6-11-2-3-13(19)7-12(11)9-25(10)17(26)24-14-4-5-16(20)15(8-14)18(21,22)23/h2-5,7-8,10H,6,9H2,1H3,(H,24,26)/t10-/m1/s1. The van der Waals surface area contributed by atoms with Crippen molar-refractivity contribution < 1.29 is 26.7 Å². The molecular formula is C18H15F5N2O. The fourth-order valence-corrected chi connectivity index (χ4v) is 3.00. The third-order valence-electron chi connectivity index (χ3n) is 4.34. The summed E-state index contributed by atoms with van der Waals surface area (Å²) in [4.78, 5) is 13.9. The molecule has 0 aromatic heterocycles. The highest BCUT2D eigenvalue weighted by atomic mass is 19.4. The van der Waals surface area contributed by atoms with Gasteiger partial charge in [0, 0.05) is 18.3 Å². The Morgan fingerprint density at radius 2 is 1.85 bits per heavy atom. The average Bonchev–Trinajstić information content (AvgIpc) is 2.55. The van der Waals surface area contributed by atoms with E-state index in [1.165, 1.54) is 17.0 Å². The van der Waals surface area contributed by atoms with Crippen LogP contribution in [0.2, 0.25) is 0 Å². The van der Waals surface area contributed by atoms with Crippen molar-refractivity contribution in [2.24, 2.45) is 0 Å². The number of nitrogens with one attached hydrogen (secondary N) is 1. The molecule has 0 spiro atoms. The molecule has 2 aromatic rings. The summed E-state index contributed by atoms with van der Waals surface area (Å²) in [5.41, 5.74) is -0.0483. The minimum Gasteiger partial charge on any atom is -0.317 e. The van der Waals surface area contributed by atoms with E-state index in [1.807, 2.05) is 0 Å². The molecule has 3 nitrogen and oxygen atoms in total. The Kier molecular flexibility index (Phi) is 4.60. The smallest absolute Gasteiger partial charge is 0.317 e. The number of hydrogen-bond donors (Lipinski definition) is 1. The van der Waals surface area contributed by atoms with Crippen molar-refractivity contribution in [3.63, 3.8) is 0 Å². The van der Waals surface area contributed by atoms with Crippen LogP contribution in [0, 0.1) is 11.6 Å². The molecule has 0 saturated heterocycles. The van der Waals surface area contributed by atoms with Gasteiger partial charge < -0.3 is 10.2 Å². The molecule has 0 saturated carbocycles. The van der Waals surface area contributed by atoms with Gasteiger partial charge in [-0.25, -0.2) is 13.6 Å². The van der Waals surface area contributed by atoms with Crippen molar-refractivity contribution in [2.45, 2.75) is 32.1 Å². The van der Waals surface area contributed by atoms with Crippen LogP contribution in [-0.2, 0) is 19.1 Å². The summed E-state index contributed by atoms with van der Waals surface area (Å²) in [7, 11) is 0. The molecule has 0 bridgehead atoms. The lowest BCUT2D eigenvalue weighted by Crippen LogP contribution is -2.44. The van der Waals surface area contributed by atoms with Crippen molar-refractivity contribution in [2.75, 3.05) is 5.32 Å². The number of carbonyl (C=O) groups excluding carboxylic acids is 1. The fraction of sp³-hybridized carbons (Fsp3) is 0.278. The van der Waals surface area contributed by atoms with Gasteiger partial charge in [-0.15, -0.1) is 0 Å². The minimum absolute atomic E-state index is 0.132. The van der Waals surface area contributed by atoms with Crippen LogP contribution in [0.4, 0.5) is 32.4 Å². The number of nitrogens with zero attached hydrogens (tertiary/aromatic N) is 1. The number of hydrogen-bond acceptors (Lipinski definition) is 1. The summed E-state index contributed by atoms with van der Waals surface area (Å²) >= 11 is 0. The number of benzene rings is 2. The lowest BCUT2D eigenvalue weighted by atomic mass is 9.95. The van der Waals surface area contributed by atoms with Crippen LogP contribution in [0.25, 0.3) is 0 Å². The number of anilines is 1. The van der Waals surface area contributed by atoms with E-state index < -0.39 is 29.4 Å². The van der Waals surface area contributed by atoms with E-state index in [9.17, 15) is 26.7 Å². The predicted molar refractivity (Wildman–Crippen MR) is 85.5 cm³/mol. The van der Waals surface area contributed by atoms with Crippen molar-refractivity contribution >= 4 is 11.7 Å². The average molecular weight is 370 g/mol. The first kappa shape index (κ1) is 18.2. The summed E-state index contributed by atoms with van der Waals surface area (Å²) in [5.74, 6) is -1.83. The van der Waals surface area contributed by atoms with Gasteiger partial charge in [0.1, 0.15) is 11.6 Å². The summed E-state index contributed by atoms with van der Waals surface area (Å²) in [6.45, 7) is 1.92. The van der Waals surface area contributed by atoms with Gasteiger partial charge >= 0.3 is 12.2 Å². The van der Waals surface area contributed by atoms with Gasteiger partial charge in [-0.2, -0.15) is 13.2 Å². The Labute approximate surface area is 146 Å². The largest absolute Gasteiger partial charge is 0.419 e. The van der Waals surface area contributed by atoms with Crippen LogP contribution in [-0.4, -0.2) is 17.0 Å². The molecule has 3 rings (SSSR count). The topological polar surface area (TPSA) is 32.3 Å². The lowest BCUT2D eigenvalue weighted by molar-refractivity contribution is -0.139. The zero-order valence-corrected chi connectivity index (χ0v) is 13.7. The number of halogens is 5. The molecule has 2 amide bonds. The van der Waals surface area contributed by atoms with E-state index in [-0.39, 0.29) is 18.3 Å². The van der Waals surface area contributed by atoms with Crippen LogP contribution in [0.1, 0.15) is 23.6 Å². The quantitative estimate of drug-likeness (QED) is 0.707. The van der Waals surface area contributed by atoms with Gasteiger partial charge in [0.2, 0.25) is 0 Å². The highest BCUT2D eigenvalue weighted by molar-refractivity contribution is 5.89. The molecule has 0 aliphatic carbocycles.